The molecule has 1 saturated heterocycles. The third kappa shape index (κ3) is 2.82. The number of para-hydroxylation sites is 1. The number of β-amino-alcohol motifs (C(OH)–C–C–N with tert-alkyl or cyclic N) is 1. The van der Waals surface area contributed by atoms with Crippen molar-refractivity contribution in [3.63, 3.8) is 0 Å². The van der Waals surface area contributed by atoms with Gasteiger partial charge in [-0.2, -0.15) is 0 Å². The maximum absolute atomic E-state index is 13.2. The van der Waals surface area contributed by atoms with Gasteiger partial charge in [-0.3, -0.25) is 9.59 Å². The first-order chi connectivity index (χ1) is 14.1. The zero-order chi connectivity index (χ0) is 20.1. The molecule has 0 aliphatic carbocycles. The topological polar surface area (TPSA) is 76.6 Å². The Kier molecular flexibility index (Phi) is 4.33. The predicted octanol–water partition coefficient (Wildman–Crippen LogP) is 2.50. The molecule has 2 aromatic carbocycles. The van der Waals surface area contributed by atoms with E-state index in [0.29, 0.717) is 11.4 Å². The highest BCUT2D eigenvalue weighted by Gasteiger charge is 2.47. The molecule has 3 aromatic rings. The van der Waals surface area contributed by atoms with Gasteiger partial charge in [-0.1, -0.05) is 41.9 Å². The highest BCUT2D eigenvalue weighted by Crippen LogP contribution is 2.42. The number of amides is 2. The van der Waals surface area contributed by atoms with Crippen molar-refractivity contribution in [1.82, 2.24) is 14.8 Å². The molecule has 2 atom stereocenters. The highest BCUT2D eigenvalue weighted by molar-refractivity contribution is 6.30. The number of aliphatic hydroxyl groups is 1. The lowest BCUT2D eigenvalue weighted by atomic mass is 9.86. The van der Waals surface area contributed by atoms with E-state index in [1.165, 1.54) is 4.90 Å². The third-order valence-electron chi connectivity index (χ3n) is 5.90. The van der Waals surface area contributed by atoms with E-state index >= 15 is 0 Å². The average molecular weight is 410 g/mol. The number of halogens is 1. The van der Waals surface area contributed by atoms with E-state index in [0.717, 1.165) is 27.7 Å². The van der Waals surface area contributed by atoms with Crippen LogP contribution in [0.4, 0.5) is 0 Å². The maximum atomic E-state index is 13.2. The summed E-state index contributed by atoms with van der Waals surface area (Å²) in [6, 6.07) is 14.4. The summed E-state index contributed by atoms with van der Waals surface area (Å²) >= 11 is 6.09. The average Bonchev–Trinajstić information content (AvgIpc) is 3.10. The number of hydrogen-bond donors (Lipinski definition) is 2. The Hall–Kier alpha value is -2.83. The van der Waals surface area contributed by atoms with E-state index in [1.54, 1.807) is 17.0 Å². The summed E-state index contributed by atoms with van der Waals surface area (Å²) in [5.41, 5.74) is 3.91. The Morgan fingerprint density at radius 3 is 2.62 bits per heavy atom. The first-order valence-corrected chi connectivity index (χ1v) is 10.0. The monoisotopic (exact) mass is 409 g/mol. The molecule has 1 fully saturated rings. The fourth-order valence-corrected chi connectivity index (χ4v) is 4.75. The van der Waals surface area contributed by atoms with Crippen LogP contribution in [0.5, 0.6) is 0 Å². The van der Waals surface area contributed by atoms with E-state index in [2.05, 4.69) is 4.98 Å². The number of carbonyl (C=O) groups excluding carboxylic acids is 2. The quantitative estimate of drug-likeness (QED) is 0.697. The molecular weight excluding hydrogens is 390 g/mol. The molecule has 3 heterocycles. The summed E-state index contributed by atoms with van der Waals surface area (Å²) < 4.78 is 0. The lowest BCUT2D eigenvalue weighted by molar-refractivity contribution is -0.159. The number of aromatic nitrogens is 1. The number of nitrogens with one attached hydrogen (secondary N) is 1. The van der Waals surface area contributed by atoms with Crippen LogP contribution >= 0.6 is 11.6 Å². The zero-order valence-corrected chi connectivity index (χ0v) is 16.4. The van der Waals surface area contributed by atoms with Gasteiger partial charge in [0, 0.05) is 34.6 Å². The standard InChI is InChI=1S/C22H20ClN3O3/c23-14-7-5-13(6-8-14)21-20-16(15-3-1-2-4-17(15)24-20)11-18-22(29)25(9-10-27)12-19(28)26(18)21/h1-8,18,21,24,27H,9-12H2/t18-,21+/m0/s1. The summed E-state index contributed by atoms with van der Waals surface area (Å²) in [5, 5.41) is 11.0. The molecule has 6 nitrogen and oxygen atoms in total. The molecule has 0 radical (unpaired) electrons. The minimum Gasteiger partial charge on any atom is -0.395 e. The van der Waals surface area contributed by atoms with Crippen LogP contribution in [0.1, 0.15) is 22.9 Å². The van der Waals surface area contributed by atoms with Crippen molar-refractivity contribution < 1.29 is 14.7 Å². The van der Waals surface area contributed by atoms with E-state index in [9.17, 15) is 14.7 Å². The van der Waals surface area contributed by atoms with Crippen LogP contribution in [0.3, 0.4) is 0 Å². The lowest BCUT2D eigenvalue weighted by Crippen LogP contribution is -2.63. The van der Waals surface area contributed by atoms with Gasteiger partial charge in [0.1, 0.15) is 6.04 Å². The van der Waals surface area contributed by atoms with Gasteiger partial charge >= 0.3 is 0 Å². The summed E-state index contributed by atoms with van der Waals surface area (Å²) in [6.07, 6.45) is 0.454. The molecule has 1 aromatic heterocycles. The number of carbonyl (C=O) groups is 2. The largest absolute Gasteiger partial charge is 0.395 e. The van der Waals surface area contributed by atoms with Crippen molar-refractivity contribution in [2.24, 2.45) is 0 Å². The molecule has 148 valence electrons. The smallest absolute Gasteiger partial charge is 0.246 e. The number of aliphatic hydroxyl groups excluding tert-OH is 1. The molecule has 0 bridgehead atoms. The molecule has 0 spiro atoms. The third-order valence-corrected chi connectivity index (χ3v) is 6.15. The van der Waals surface area contributed by atoms with Crippen molar-refractivity contribution in [1.29, 1.82) is 0 Å². The van der Waals surface area contributed by atoms with Gasteiger partial charge in [0.05, 0.1) is 19.2 Å². The van der Waals surface area contributed by atoms with Gasteiger partial charge in [-0.15, -0.1) is 0 Å². The zero-order valence-electron chi connectivity index (χ0n) is 15.6. The van der Waals surface area contributed by atoms with Crippen LogP contribution in [0.2, 0.25) is 5.02 Å². The fourth-order valence-electron chi connectivity index (χ4n) is 4.62. The molecule has 2 amide bonds. The summed E-state index contributed by atoms with van der Waals surface area (Å²) in [6.45, 7) is -0.0124. The summed E-state index contributed by atoms with van der Waals surface area (Å²) in [5.74, 6) is -0.235. The number of rotatable bonds is 3. The van der Waals surface area contributed by atoms with E-state index < -0.39 is 6.04 Å². The van der Waals surface area contributed by atoms with E-state index in [-0.39, 0.29) is 37.6 Å². The lowest BCUT2D eigenvalue weighted by Gasteiger charge is -2.47. The number of aromatic amines is 1. The SMILES string of the molecule is O=C1[C@@H]2Cc3c([nH]c4ccccc34)[C@@H](c3ccc(Cl)cc3)N2C(=O)CN1CCO. The Labute approximate surface area is 172 Å². The van der Waals surface area contributed by atoms with Crippen molar-refractivity contribution in [3.8, 4) is 0 Å². The van der Waals surface area contributed by atoms with Crippen molar-refractivity contribution in [2.75, 3.05) is 19.7 Å². The molecule has 2 N–H and O–H groups in total. The minimum absolute atomic E-state index is 0.0183. The fraction of sp³-hybridized carbons (Fsp3) is 0.273. The molecule has 7 heteroatoms. The van der Waals surface area contributed by atoms with Gasteiger partial charge in [0.25, 0.3) is 0 Å². The molecule has 2 aliphatic rings. The number of benzene rings is 2. The highest BCUT2D eigenvalue weighted by atomic mass is 35.5. The second kappa shape index (κ2) is 6.90. The number of hydrogen-bond acceptors (Lipinski definition) is 3. The first-order valence-electron chi connectivity index (χ1n) is 9.64. The van der Waals surface area contributed by atoms with Crippen LogP contribution in [0.15, 0.2) is 48.5 Å². The van der Waals surface area contributed by atoms with Crippen LogP contribution in [0, 0.1) is 0 Å². The molecule has 5 rings (SSSR count). The number of fused-ring (bicyclic) bond motifs is 4. The van der Waals surface area contributed by atoms with Gasteiger partial charge in [-0.05, 0) is 29.3 Å². The van der Waals surface area contributed by atoms with Gasteiger partial charge in [0.2, 0.25) is 11.8 Å². The molecular formula is C22H20ClN3O3. The van der Waals surface area contributed by atoms with Crippen molar-refractivity contribution >= 4 is 34.3 Å². The molecule has 0 unspecified atom stereocenters. The Balaban J connectivity index is 1.70. The number of piperazine rings is 1. The van der Waals surface area contributed by atoms with Gasteiger partial charge in [0.15, 0.2) is 0 Å². The molecule has 0 saturated carbocycles. The van der Waals surface area contributed by atoms with Gasteiger partial charge in [-0.25, -0.2) is 0 Å². The second-order valence-electron chi connectivity index (χ2n) is 7.52. The number of H-pyrrole nitrogens is 1. The van der Waals surface area contributed by atoms with Crippen LogP contribution < -0.4 is 0 Å². The first kappa shape index (κ1) is 18.2. The Morgan fingerprint density at radius 1 is 1.10 bits per heavy atom. The summed E-state index contributed by atoms with van der Waals surface area (Å²) in [4.78, 5) is 33.0. The van der Waals surface area contributed by atoms with E-state index in [4.69, 9.17) is 11.6 Å². The second-order valence-corrected chi connectivity index (χ2v) is 7.96. The predicted molar refractivity (Wildman–Crippen MR) is 110 cm³/mol. The van der Waals surface area contributed by atoms with E-state index in [1.807, 2.05) is 36.4 Å². The number of nitrogens with zero attached hydrogens (tertiary/aromatic N) is 2. The maximum Gasteiger partial charge on any atom is 0.246 e. The molecule has 29 heavy (non-hydrogen) atoms. The Morgan fingerprint density at radius 2 is 1.86 bits per heavy atom. The van der Waals surface area contributed by atoms with Crippen LogP contribution in [0.25, 0.3) is 10.9 Å². The minimum atomic E-state index is -0.588. The normalized spacial score (nSPS) is 21.4. The summed E-state index contributed by atoms with van der Waals surface area (Å²) in [7, 11) is 0. The Bertz CT molecular complexity index is 1110. The van der Waals surface area contributed by atoms with Crippen molar-refractivity contribution in [3.05, 3.63) is 70.4 Å². The molecule has 2 aliphatic heterocycles. The van der Waals surface area contributed by atoms with Crippen LogP contribution in [-0.2, 0) is 16.0 Å². The van der Waals surface area contributed by atoms with Crippen molar-refractivity contribution in [2.45, 2.75) is 18.5 Å². The van der Waals surface area contributed by atoms with Gasteiger partial charge < -0.3 is 19.9 Å². The van der Waals surface area contributed by atoms with Crippen LogP contribution in [-0.4, -0.2) is 57.4 Å².